The monoisotopic (exact) mass is 1870 g/mol. The third-order valence-corrected chi connectivity index (χ3v) is 21.2. The molecule has 4 amide bonds. The molecule has 1 atom stereocenters. The molecule has 6 aromatic heterocycles. The number of amides is 4. The standard InChI is InChI=1S/C26H29FN6O2.C26H28FN5O3.C25H28FN7O2.C22H24FN7O2/c1-3-24(34)29-19-8-4-9-20(13-19)30-25-23(27)15-28-26(32-25)31-21-10-5-11-22(14-21)35-17-18-7-6-12-33(2)16-18;1-3-24(33)29-19-6-5-9-22(15-19)35-25-23(27)16-28-26(31-25)30-20-7-4-8-21(14-20)34-17-18-10-12-32(2)13-11-18;1-3-22(34)29-18-5-4-6-19(13-18)30-24-21(26)15-28-25(32-24)31-20-7-8-23(27-14-20)35-16-17-9-11-33(2)12-10-17;1-4-20(31)26-15-6-5-7-16(12-15)27-21-18(23)14-25-22(29-21)28-17-8-9-19(24-13-17)30(2)10-11-32-3/h3-5,8-11,13-15,18H,1,6-7,12,16-17H2,2H3,(H,29,34)(H2,28,30,31,32);3-9,14-16,18H,1,10-13,17H2,2H3,(H,29,33)(H,28,30,31);3-8,13-15,17H,1,9-12,16H2,2H3,(H,29,34)(H2,28,30,31,32);4-9,12-14H,1,10-11H2,2-3H3,(H,26,31)(H2,25,27,28,29). The van der Waals surface area contributed by atoms with Crippen LogP contribution in [0, 0.1) is 41.0 Å². The quantitative estimate of drug-likeness (QED) is 0.0127. The van der Waals surface area contributed by atoms with Crippen molar-refractivity contribution < 1.29 is 60.4 Å². The number of rotatable bonds is 37. The Morgan fingerprint density at radius 3 is 1.16 bits per heavy atom. The van der Waals surface area contributed by atoms with E-state index in [0.29, 0.717) is 119 Å². The van der Waals surface area contributed by atoms with Crippen molar-refractivity contribution in [2.75, 3.05) is 171 Å². The van der Waals surface area contributed by atoms with Crippen molar-refractivity contribution in [3.8, 4) is 29.0 Å². The molecule has 0 radical (unpaired) electrons. The minimum Gasteiger partial charge on any atom is -0.493 e. The van der Waals surface area contributed by atoms with Crippen LogP contribution in [-0.4, -0.2) is 196 Å². The average Bonchev–Trinajstić information content (AvgIpc) is 0.845. The summed E-state index contributed by atoms with van der Waals surface area (Å²) in [5, 5.41) is 31.5. The number of likely N-dealkylation sites (tertiary alicyclic amines) is 3. The first-order chi connectivity index (χ1) is 66.4. The van der Waals surface area contributed by atoms with Gasteiger partial charge < -0.3 is 102 Å². The number of piperidine rings is 3. The van der Waals surface area contributed by atoms with Gasteiger partial charge in [0.25, 0.3) is 5.88 Å². The number of pyridine rings is 2. The van der Waals surface area contributed by atoms with Gasteiger partial charge in [0.2, 0.25) is 59.1 Å². The minimum atomic E-state index is -0.716. The predicted octanol–water partition coefficient (Wildman–Crippen LogP) is 18.0. The van der Waals surface area contributed by atoms with Gasteiger partial charge in [-0.05, 0) is 238 Å². The molecule has 6 aromatic carbocycles. The van der Waals surface area contributed by atoms with Crippen LogP contribution in [-0.2, 0) is 23.9 Å². The van der Waals surface area contributed by atoms with Gasteiger partial charge in [-0.3, -0.25) is 19.2 Å². The SMILES string of the molecule is C=CC(=O)Nc1cccc(Nc2nc(Nc3ccc(N(C)CCOC)nc3)ncc2F)c1.C=CC(=O)Nc1cccc(Nc2nc(Nc3ccc(OCC4CCN(C)CC4)nc3)ncc2F)c1.C=CC(=O)Nc1cccc(Nc2nc(Nc3cccc(OCC4CCCN(C)C4)c3)ncc2F)c1.C=CC(=O)Nc1cccc(Oc2nc(Nc3cccc(OCC4CCN(C)CC4)c3)ncc2F)c1. The van der Waals surface area contributed by atoms with Crippen LogP contribution < -0.4 is 82.3 Å². The Morgan fingerprint density at radius 1 is 0.387 bits per heavy atom. The van der Waals surface area contributed by atoms with Gasteiger partial charge >= 0.3 is 0 Å². The molecule has 137 heavy (non-hydrogen) atoms. The summed E-state index contributed by atoms with van der Waals surface area (Å²) in [4.78, 5) is 96.6. The van der Waals surface area contributed by atoms with Gasteiger partial charge in [-0.2, -0.15) is 24.3 Å². The maximum atomic E-state index is 14.4. The number of aromatic nitrogens is 10. The molecule has 15 rings (SSSR count). The maximum absolute atomic E-state index is 14.4. The third kappa shape index (κ3) is 33.0. The number of nitrogens with zero attached hydrogens (tertiary/aromatic N) is 14. The zero-order chi connectivity index (χ0) is 96.8. The third-order valence-electron chi connectivity index (χ3n) is 21.2. The number of hydrogen-bond acceptors (Lipinski definition) is 30. The first-order valence-electron chi connectivity index (χ1n) is 44.0. The van der Waals surface area contributed by atoms with Crippen LogP contribution in [0.1, 0.15) is 38.5 Å². The number of nitrogens with one attached hydrogen (secondary N) is 11. The van der Waals surface area contributed by atoms with Gasteiger partial charge in [-0.15, -0.1) is 0 Å². The Morgan fingerprint density at radius 2 is 0.752 bits per heavy atom. The molecule has 0 saturated carbocycles. The second-order valence-corrected chi connectivity index (χ2v) is 32.0. The normalized spacial score (nSPS) is 13.7. The lowest BCUT2D eigenvalue weighted by molar-refractivity contribution is -0.112. The second-order valence-electron chi connectivity index (χ2n) is 32.0. The fraction of sp³-hybridized carbons (Fsp3) is 0.253. The van der Waals surface area contributed by atoms with E-state index >= 15 is 0 Å². The highest BCUT2D eigenvalue weighted by Gasteiger charge is 2.23. The molecular formula is C99H109F4N25O9. The number of ether oxygens (including phenoxy) is 5. The molecule has 3 aliphatic rings. The van der Waals surface area contributed by atoms with Crippen LogP contribution in [0.5, 0.6) is 29.0 Å². The number of carbonyl (C=O) groups excluding carboxylic acids is 4. The molecule has 0 aliphatic carbocycles. The van der Waals surface area contributed by atoms with E-state index in [-0.39, 0.29) is 70.8 Å². The highest BCUT2D eigenvalue weighted by molar-refractivity contribution is 6.01. The summed E-state index contributed by atoms with van der Waals surface area (Å²) >= 11 is 0. The van der Waals surface area contributed by atoms with Crippen molar-refractivity contribution in [1.29, 1.82) is 0 Å². The summed E-state index contributed by atoms with van der Waals surface area (Å²) in [6.45, 7) is 23.6. The van der Waals surface area contributed by atoms with E-state index in [9.17, 15) is 36.7 Å². The number of hydrogen-bond donors (Lipinski definition) is 11. The summed E-state index contributed by atoms with van der Waals surface area (Å²) in [6, 6.07) is 49.3. The summed E-state index contributed by atoms with van der Waals surface area (Å²) in [7, 11) is 9.99. The smallest absolute Gasteiger partial charge is 0.260 e. The molecule has 3 fully saturated rings. The number of halogens is 4. The first-order valence-corrected chi connectivity index (χ1v) is 44.0. The van der Waals surface area contributed by atoms with E-state index in [1.54, 1.807) is 123 Å². The number of anilines is 19. The Kier molecular flexibility index (Phi) is 37.4. The highest BCUT2D eigenvalue weighted by atomic mass is 19.1. The largest absolute Gasteiger partial charge is 0.493 e. The lowest BCUT2D eigenvalue weighted by Gasteiger charge is -2.29. The van der Waals surface area contributed by atoms with Crippen molar-refractivity contribution in [3.63, 3.8) is 0 Å². The summed E-state index contributed by atoms with van der Waals surface area (Å²) in [6.07, 6.45) is 19.1. The van der Waals surface area contributed by atoms with Gasteiger partial charge in [0.05, 0.1) is 75.0 Å². The Balaban J connectivity index is 0.000000164. The molecule has 0 spiro atoms. The topological polar surface area (TPSA) is 389 Å². The first kappa shape index (κ1) is 99.9. The van der Waals surface area contributed by atoms with E-state index in [1.165, 1.54) is 31.1 Å². The van der Waals surface area contributed by atoms with Crippen LogP contribution in [0.3, 0.4) is 0 Å². The molecule has 11 N–H and O–H groups in total. The second kappa shape index (κ2) is 51.3. The molecule has 1 unspecified atom stereocenters. The molecule has 34 nitrogen and oxygen atoms in total. The molecule has 712 valence electrons. The van der Waals surface area contributed by atoms with E-state index in [4.69, 9.17) is 23.7 Å². The number of benzene rings is 6. The molecule has 12 aromatic rings. The number of carbonyl (C=O) groups is 4. The fourth-order valence-electron chi connectivity index (χ4n) is 13.9. The Bertz CT molecular complexity index is 6060. The minimum absolute atomic E-state index is 0.00326. The van der Waals surface area contributed by atoms with Crippen molar-refractivity contribution in [2.24, 2.45) is 17.8 Å². The lowest BCUT2D eigenvalue weighted by Crippen LogP contribution is -2.34. The van der Waals surface area contributed by atoms with Crippen LogP contribution in [0.15, 0.2) is 258 Å². The Hall–Kier alpha value is -16.1. The van der Waals surface area contributed by atoms with Gasteiger partial charge in [-0.1, -0.05) is 62.7 Å². The summed E-state index contributed by atoms with van der Waals surface area (Å²) in [5.41, 5.74) is 6.48. The number of methoxy groups -OCH3 is 1. The summed E-state index contributed by atoms with van der Waals surface area (Å²) in [5.74, 6) is 1.35. The number of likely N-dealkylation sites (N-methyl/N-ethyl adjacent to an activating group) is 1. The van der Waals surface area contributed by atoms with Crippen molar-refractivity contribution >= 4 is 133 Å². The van der Waals surface area contributed by atoms with Gasteiger partial charge in [0, 0.05) is 109 Å². The van der Waals surface area contributed by atoms with E-state index in [0.717, 1.165) is 119 Å². The van der Waals surface area contributed by atoms with Crippen molar-refractivity contribution in [2.45, 2.75) is 38.5 Å². The molecule has 9 heterocycles. The van der Waals surface area contributed by atoms with E-state index in [2.05, 4.69) is 170 Å². The predicted molar refractivity (Wildman–Crippen MR) is 526 cm³/mol. The van der Waals surface area contributed by atoms with Crippen molar-refractivity contribution in [3.05, 3.63) is 281 Å². The van der Waals surface area contributed by atoms with Gasteiger partial charge in [-0.25, -0.2) is 43.1 Å². The Labute approximate surface area is 791 Å². The highest BCUT2D eigenvalue weighted by Crippen LogP contribution is 2.33. The van der Waals surface area contributed by atoms with Crippen LogP contribution in [0.25, 0.3) is 0 Å². The van der Waals surface area contributed by atoms with Crippen LogP contribution >= 0.6 is 0 Å². The zero-order valence-electron chi connectivity index (χ0n) is 76.5. The lowest BCUT2D eigenvalue weighted by atomic mass is 9.98. The fourth-order valence-corrected chi connectivity index (χ4v) is 13.9. The summed E-state index contributed by atoms with van der Waals surface area (Å²) < 4.78 is 85.9. The molecule has 3 saturated heterocycles. The van der Waals surface area contributed by atoms with E-state index < -0.39 is 23.3 Å². The maximum Gasteiger partial charge on any atom is 0.260 e. The molecule has 0 bridgehead atoms. The average molecular weight is 1870 g/mol. The van der Waals surface area contributed by atoms with Crippen LogP contribution in [0.2, 0.25) is 0 Å². The molecule has 38 heteroatoms. The van der Waals surface area contributed by atoms with E-state index in [1.807, 2.05) is 78.7 Å². The molecule has 3 aliphatic heterocycles. The van der Waals surface area contributed by atoms with Crippen LogP contribution in [0.4, 0.5) is 127 Å². The van der Waals surface area contributed by atoms with Gasteiger partial charge in [0.15, 0.2) is 34.9 Å². The van der Waals surface area contributed by atoms with Crippen molar-refractivity contribution in [1.82, 2.24) is 64.5 Å². The molecular weight excluding hydrogens is 1760 g/mol. The van der Waals surface area contributed by atoms with Gasteiger partial charge in [0.1, 0.15) is 23.1 Å². The zero-order valence-corrected chi connectivity index (χ0v) is 76.5.